The maximum absolute atomic E-state index is 12.2. The van der Waals surface area contributed by atoms with Crippen LogP contribution in [0.15, 0.2) is 50.1 Å². The summed E-state index contributed by atoms with van der Waals surface area (Å²) in [5.74, 6) is 0.138. The number of H-pyrrole nitrogens is 1. The van der Waals surface area contributed by atoms with Crippen LogP contribution in [0.25, 0.3) is 22.0 Å². The standard InChI is InChI=1S/C16H11Br2NO2/c1-8-14-10(7-11(17)15(8)20)12(13(18)16(21)19-14)9-5-3-2-4-6-9/h2-7,20H,1H3,(H,19,21). The fraction of sp³-hybridized carbons (Fsp3) is 0.0625. The van der Waals surface area contributed by atoms with Gasteiger partial charge in [0.05, 0.1) is 14.5 Å². The predicted octanol–water partition coefficient (Wildman–Crippen LogP) is 4.73. The monoisotopic (exact) mass is 407 g/mol. The van der Waals surface area contributed by atoms with Crippen LogP contribution in [0, 0.1) is 6.92 Å². The summed E-state index contributed by atoms with van der Waals surface area (Å²) in [6.07, 6.45) is 0. The molecule has 0 bridgehead atoms. The van der Waals surface area contributed by atoms with Gasteiger partial charge in [-0.25, -0.2) is 0 Å². The summed E-state index contributed by atoms with van der Waals surface area (Å²) in [6, 6.07) is 11.5. The number of benzene rings is 2. The van der Waals surface area contributed by atoms with E-state index in [0.29, 0.717) is 20.0 Å². The van der Waals surface area contributed by atoms with Gasteiger partial charge in [0.25, 0.3) is 5.56 Å². The molecular formula is C16H11Br2NO2. The third-order valence-corrected chi connectivity index (χ3v) is 4.85. The Morgan fingerprint density at radius 2 is 1.81 bits per heavy atom. The zero-order valence-electron chi connectivity index (χ0n) is 11.1. The highest BCUT2D eigenvalue weighted by atomic mass is 79.9. The van der Waals surface area contributed by atoms with Crippen LogP contribution in [0.5, 0.6) is 5.75 Å². The van der Waals surface area contributed by atoms with Crippen molar-refractivity contribution in [1.29, 1.82) is 0 Å². The first kappa shape index (κ1) is 14.4. The molecule has 0 atom stereocenters. The number of nitrogens with one attached hydrogen (secondary N) is 1. The molecule has 0 aliphatic rings. The van der Waals surface area contributed by atoms with E-state index in [-0.39, 0.29) is 11.3 Å². The Bertz CT molecular complexity index is 902. The number of halogens is 2. The van der Waals surface area contributed by atoms with Crippen LogP contribution in [-0.4, -0.2) is 10.1 Å². The molecule has 3 aromatic rings. The second-order valence-corrected chi connectivity index (χ2v) is 6.41. The van der Waals surface area contributed by atoms with Crippen LogP contribution in [-0.2, 0) is 0 Å². The number of fused-ring (bicyclic) bond motifs is 1. The number of aryl methyl sites for hydroxylation is 1. The molecule has 2 N–H and O–H groups in total. The summed E-state index contributed by atoms with van der Waals surface area (Å²) < 4.78 is 1.09. The Morgan fingerprint density at radius 1 is 1.14 bits per heavy atom. The molecule has 0 fully saturated rings. The first-order chi connectivity index (χ1) is 10.0. The number of phenolic OH excluding ortho intramolecular Hbond substituents is 1. The van der Waals surface area contributed by atoms with Crippen LogP contribution >= 0.6 is 31.9 Å². The van der Waals surface area contributed by atoms with Gasteiger partial charge in [0.15, 0.2) is 0 Å². The highest BCUT2D eigenvalue weighted by Gasteiger charge is 2.16. The summed E-state index contributed by atoms with van der Waals surface area (Å²) in [5.41, 5.74) is 2.82. The quantitative estimate of drug-likeness (QED) is 0.611. The molecule has 3 rings (SSSR count). The van der Waals surface area contributed by atoms with E-state index in [9.17, 15) is 9.90 Å². The zero-order valence-corrected chi connectivity index (χ0v) is 14.2. The Hall–Kier alpha value is -1.59. The second kappa shape index (κ2) is 5.31. The first-order valence-electron chi connectivity index (χ1n) is 6.29. The molecule has 0 spiro atoms. The van der Waals surface area contributed by atoms with Gasteiger partial charge in [0.2, 0.25) is 0 Å². The molecule has 0 aliphatic heterocycles. The third-order valence-electron chi connectivity index (χ3n) is 3.49. The van der Waals surface area contributed by atoms with E-state index < -0.39 is 0 Å². The largest absolute Gasteiger partial charge is 0.506 e. The predicted molar refractivity (Wildman–Crippen MR) is 91.8 cm³/mol. The fourth-order valence-electron chi connectivity index (χ4n) is 2.41. The number of phenols is 1. The Labute approximate surface area is 137 Å². The van der Waals surface area contributed by atoms with E-state index in [2.05, 4.69) is 36.8 Å². The average molecular weight is 409 g/mol. The Kier molecular flexibility index (Phi) is 3.63. The number of aromatic hydroxyl groups is 1. The van der Waals surface area contributed by atoms with E-state index in [1.165, 1.54) is 0 Å². The lowest BCUT2D eigenvalue weighted by molar-refractivity contribution is 0.468. The Morgan fingerprint density at radius 3 is 2.48 bits per heavy atom. The normalized spacial score (nSPS) is 11.0. The van der Waals surface area contributed by atoms with Gasteiger partial charge >= 0.3 is 0 Å². The number of hydrogen-bond donors (Lipinski definition) is 2. The summed E-state index contributed by atoms with van der Waals surface area (Å²) in [4.78, 5) is 15.0. The highest BCUT2D eigenvalue weighted by Crippen LogP contribution is 2.39. The molecule has 3 nitrogen and oxygen atoms in total. The van der Waals surface area contributed by atoms with E-state index in [1.54, 1.807) is 6.92 Å². The lowest BCUT2D eigenvalue weighted by Crippen LogP contribution is -2.09. The van der Waals surface area contributed by atoms with Gasteiger partial charge in [-0.05, 0) is 50.4 Å². The topological polar surface area (TPSA) is 53.1 Å². The van der Waals surface area contributed by atoms with Crippen molar-refractivity contribution in [3.63, 3.8) is 0 Å². The molecule has 2 aromatic carbocycles. The highest BCUT2D eigenvalue weighted by molar-refractivity contribution is 9.11. The second-order valence-electron chi connectivity index (χ2n) is 4.76. The van der Waals surface area contributed by atoms with Gasteiger partial charge in [-0.3, -0.25) is 4.79 Å². The molecule has 5 heteroatoms. The van der Waals surface area contributed by atoms with E-state index in [4.69, 9.17) is 0 Å². The molecule has 106 valence electrons. The van der Waals surface area contributed by atoms with Gasteiger partial charge in [0, 0.05) is 16.5 Å². The number of rotatable bonds is 1. The molecule has 1 aromatic heterocycles. The molecule has 0 unspecified atom stereocenters. The SMILES string of the molecule is Cc1c(O)c(Br)cc2c(-c3ccccc3)c(Br)c(=O)[nH]c12. The van der Waals surface area contributed by atoms with Crippen LogP contribution in [0.2, 0.25) is 0 Å². The summed E-state index contributed by atoms with van der Waals surface area (Å²) in [7, 11) is 0. The summed E-state index contributed by atoms with van der Waals surface area (Å²) in [6.45, 7) is 1.78. The lowest BCUT2D eigenvalue weighted by Gasteiger charge is -2.13. The zero-order chi connectivity index (χ0) is 15.1. The van der Waals surface area contributed by atoms with Gasteiger partial charge in [-0.1, -0.05) is 30.3 Å². The van der Waals surface area contributed by atoms with Crippen molar-refractivity contribution in [2.45, 2.75) is 6.92 Å². The number of hydrogen-bond acceptors (Lipinski definition) is 2. The smallest absolute Gasteiger partial charge is 0.263 e. The van der Waals surface area contributed by atoms with Crippen molar-refractivity contribution in [3.8, 4) is 16.9 Å². The molecule has 0 radical (unpaired) electrons. The van der Waals surface area contributed by atoms with E-state index in [0.717, 1.165) is 16.5 Å². The summed E-state index contributed by atoms with van der Waals surface area (Å²) >= 11 is 6.74. The fourth-order valence-corrected chi connectivity index (χ4v) is 3.48. The van der Waals surface area contributed by atoms with Crippen molar-refractivity contribution >= 4 is 42.8 Å². The maximum atomic E-state index is 12.2. The number of aromatic amines is 1. The Balaban J connectivity index is 2.54. The summed E-state index contributed by atoms with van der Waals surface area (Å²) in [5, 5.41) is 10.9. The van der Waals surface area contributed by atoms with Gasteiger partial charge in [-0.15, -0.1) is 0 Å². The van der Waals surface area contributed by atoms with Crippen molar-refractivity contribution in [3.05, 3.63) is 61.3 Å². The maximum Gasteiger partial charge on any atom is 0.263 e. The van der Waals surface area contributed by atoms with Crippen molar-refractivity contribution in [2.75, 3.05) is 0 Å². The minimum atomic E-state index is -0.217. The third kappa shape index (κ3) is 2.30. The first-order valence-corrected chi connectivity index (χ1v) is 7.88. The minimum absolute atomic E-state index is 0.138. The van der Waals surface area contributed by atoms with Crippen LogP contribution in [0.1, 0.15) is 5.56 Å². The molecule has 0 aliphatic carbocycles. The van der Waals surface area contributed by atoms with Crippen molar-refractivity contribution in [1.82, 2.24) is 4.98 Å². The number of aromatic nitrogens is 1. The van der Waals surface area contributed by atoms with Crippen LogP contribution < -0.4 is 5.56 Å². The molecule has 21 heavy (non-hydrogen) atoms. The van der Waals surface area contributed by atoms with Gasteiger partial charge < -0.3 is 10.1 Å². The number of pyridine rings is 1. The minimum Gasteiger partial charge on any atom is -0.506 e. The van der Waals surface area contributed by atoms with Gasteiger partial charge in [-0.2, -0.15) is 0 Å². The molecule has 0 saturated heterocycles. The van der Waals surface area contributed by atoms with E-state index >= 15 is 0 Å². The van der Waals surface area contributed by atoms with Gasteiger partial charge in [0.1, 0.15) is 5.75 Å². The van der Waals surface area contributed by atoms with Crippen molar-refractivity contribution in [2.24, 2.45) is 0 Å². The molecule has 1 heterocycles. The van der Waals surface area contributed by atoms with E-state index in [1.807, 2.05) is 36.4 Å². The van der Waals surface area contributed by atoms with Crippen molar-refractivity contribution < 1.29 is 5.11 Å². The average Bonchev–Trinajstić information content (AvgIpc) is 2.49. The van der Waals surface area contributed by atoms with Crippen LogP contribution in [0.4, 0.5) is 0 Å². The molecule has 0 amide bonds. The lowest BCUT2D eigenvalue weighted by atomic mass is 9.99. The van der Waals surface area contributed by atoms with Crippen LogP contribution in [0.3, 0.4) is 0 Å². The molecular weight excluding hydrogens is 398 g/mol. The molecule has 0 saturated carbocycles.